The molecule has 2 saturated carbocycles. The molecule has 1 aromatic carbocycles. The summed E-state index contributed by atoms with van der Waals surface area (Å²) in [5.74, 6) is 2.05. The minimum Gasteiger partial charge on any atom is -0.494 e. The molecule has 3 rings (SSSR count). The molecular formula is C16H20N2O2. The summed E-state index contributed by atoms with van der Waals surface area (Å²) in [7, 11) is 0. The molecule has 2 bridgehead atoms. The van der Waals surface area contributed by atoms with E-state index in [1.54, 1.807) is 12.1 Å². The van der Waals surface area contributed by atoms with Gasteiger partial charge >= 0.3 is 0 Å². The lowest BCUT2D eigenvalue weighted by Gasteiger charge is -2.11. The van der Waals surface area contributed by atoms with Crippen molar-refractivity contribution in [2.24, 2.45) is 16.9 Å². The molecule has 0 aliphatic heterocycles. The Morgan fingerprint density at radius 1 is 1.35 bits per heavy atom. The predicted octanol–water partition coefficient (Wildman–Crippen LogP) is 2.99. The van der Waals surface area contributed by atoms with Gasteiger partial charge in [0.2, 0.25) is 0 Å². The average Bonchev–Trinajstić information content (AvgIpc) is 3.08. The molecule has 1 N–H and O–H groups in total. The van der Waals surface area contributed by atoms with Crippen LogP contribution in [-0.4, -0.2) is 18.2 Å². The van der Waals surface area contributed by atoms with Crippen LogP contribution in [0.25, 0.3) is 0 Å². The highest BCUT2D eigenvalue weighted by molar-refractivity contribution is 5.96. The van der Waals surface area contributed by atoms with E-state index in [2.05, 4.69) is 10.5 Å². The van der Waals surface area contributed by atoms with Crippen LogP contribution in [0, 0.1) is 11.8 Å². The van der Waals surface area contributed by atoms with Gasteiger partial charge in [-0.25, -0.2) is 5.43 Å². The normalized spacial score (nSPS) is 25.9. The van der Waals surface area contributed by atoms with Crippen LogP contribution in [0.2, 0.25) is 0 Å². The van der Waals surface area contributed by atoms with E-state index >= 15 is 0 Å². The molecule has 1 amide bonds. The summed E-state index contributed by atoms with van der Waals surface area (Å²) in [6, 6.07) is 7.15. The van der Waals surface area contributed by atoms with Crippen molar-refractivity contribution in [3.05, 3.63) is 29.8 Å². The van der Waals surface area contributed by atoms with E-state index < -0.39 is 0 Å². The zero-order valence-corrected chi connectivity index (χ0v) is 11.8. The standard InChI is InChI=1S/C16H20N2O2/c1-2-20-14-7-5-12(6-8-14)16(19)18-17-15-10-11-3-4-13(15)9-11/h5-8,11,13H,2-4,9-10H2,1H3,(H,18,19)/b17-15+/t11-,13-/m0/s1. The Hall–Kier alpha value is -1.84. The van der Waals surface area contributed by atoms with Crippen molar-refractivity contribution in [2.45, 2.75) is 32.6 Å². The molecular weight excluding hydrogens is 252 g/mol. The third-order valence-corrected chi connectivity index (χ3v) is 4.24. The van der Waals surface area contributed by atoms with Gasteiger partial charge < -0.3 is 4.74 Å². The van der Waals surface area contributed by atoms with Crippen molar-refractivity contribution in [1.29, 1.82) is 0 Å². The molecule has 4 nitrogen and oxygen atoms in total. The van der Waals surface area contributed by atoms with Crippen molar-refractivity contribution in [3.63, 3.8) is 0 Å². The number of carbonyl (C=O) groups excluding carboxylic acids is 1. The van der Waals surface area contributed by atoms with Crippen LogP contribution in [0.3, 0.4) is 0 Å². The van der Waals surface area contributed by atoms with Crippen molar-refractivity contribution in [2.75, 3.05) is 6.61 Å². The summed E-state index contributed by atoms with van der Waals surface area (Å²) < 4.78 is 5.36. The summed E-state index contributed by atoms with van der Waals surface area (Å²) in [5.41, 5.74) is 4.48. The van der Waals surface area contributed by atoms with Crippen LogP contribution in [0.15, 0.2) is 29.4 Å². The maximum Gasteiger partial charge on any atom is 0.271 e. The topological polar surface area (TPSA) is 50.7 Å². The Morgan fingerprint density at radius 2 is 2.15 bits per heavy atom. The quantitative estimate of drug-likeness (QED) is 0.857. The predicted molar refractivity (Wildman–Crippen MR) is 78.0 cm³/mol. The molecule has 2 aliphatic rings. The highest BCUT2D eigenvalue weighted by Gasteiger charge is 2.36. The number of nitrogens with one attached hydrogen (secondary N) is 1. The monoisotopic (exact) mass is 272 g/mol. The molecule has 2 atom stereocenters. The molecule has 0 spiro atoms. The van der Waals surface area contributed by atoms with Gasteiger partial charge in [-0.05, 0) is 68.7 Å². The number of nitrogens with zero attached hydrogens (tertiary/aromatic N) is 1. The van der Waals surface area contributed by atoms with Crippen LogP contribution in [-0.2, 0) is 0 Å². The van der Waals surface area contributed by atoms with E-state index in [9.17, 15) is 4.79 Å². The Balaban J connectivity index is 1.60. The number of ether oxygens (including phenoxy) is 1. The van der Waals surface area contributed by atoms with E-state index in [0.717, 1.165) is 18.1 Å². The Kier molecular flexibility index (Phi) is 3.72. The van der Waals surface area contributed by atoms with Gasteiger partial charge in [-0.2, -0.15) is 5.10 Å². The minimum atomic E-state index is -0.150. The summed E-state index contributed by atoms with van der Waals surface area (Å²) in [5, 5.41) is 4.33. The third-order valence-electron chi connectivity index (χ3n) is 4.24. The minimum absolute atomic E-state index is 0.150. The first-order chi connectivity index (χ1) is 9.76. The number of amides is 1. The van der Waals surface area contributed by atoms with Crippen molar-refractivity contribution in [1.82, 2.24) is 5.43 Å². The Morgan fingerprint density at radius 3 is 2.75 bits per heavy atom. The van der Waals surface area contributed by atoms with Gasteiger partial charge in [-0.3, -0.25) is 4.79 Å². The maximum atomic E-state index is 12.0. The second-order valence-electron chi connectivity index (χ2n) is 5.58. The first-order valence-corrected chi connectivity index (χ1v) is 7.36. The van der Waals surface area contributed by atoms with Crippen molar-refractivity contribution >= 4 is 11.6 Å². The molecule has 1 aromatic rings. The smallest absolute Gasteiger partial charge is 0.271 e. The molecule has 2 aliphatic carbocycles. The van der Waals surface area contributed by atoms with Crippen LogP contribution >= 0.6 is 0 Å². The van der Waals surface area contributed by atoms with Crippen LogP contribution < -0.4 is 10.2 Å². The van der Waals surface area contributed by atoms with E-state index in [-0.39, 0.29) is 5.91 Å². The van der Waals surface area contributed by atoms with Gasteiger partial charge in [-0.1, -0.05) is 0 Å². The molecule has 0 unspecified atom stereocenters. The van der Waals surface area contributed by atoms with Crippen LogP contribution in [0.5, 0.6) is 5.75 Å². The van der Waals surface area contributed by atoms with Gasteiger partial charge in [0.05, 0.1) is 6.61 Å². The molecule has 0 radical (unpaired) electrons. The second-order valence-corrected chi connectivity index (χ2v) is 5.58. The van der Waals surface area contributed by atoms with Crippen molar-refractivity contribution < 1.29 is 9.53 Å². The number of fused-ring (bicyclic) bond motifs is 2. The molecule has 106 valence electrons. The highest BCUT2D eigenvalue weighted by Crippen LogP contribution is 2.42. The van der Waals surface area contributed by atoms with Gasteiger partial charge in [0, 0.05) is 11.3 Å². The number of rotatable bonds is 4. The zero-order valence-electron chi connectivity index (χ0n) is 11.8. The van der Waals surface area contributed by atoms with Gasteiger partial charge in [0.1, 0.15) is 5.75 Å². The largest absolute Gasteiger partial charge is 0.494 e. The Bertz CT molecular complexity index is 522. The van der Waals surface area contributed by atoms with Gasteiger partial charge in [0.25, 0.3) is 5.91 Å². The fraction of sp³-hybridized carbons (Fsp3) is 0.500. The van der Waals surface area contributed by atoms with Gasteiger partial charge in [-0.15, -0.1) is 0 Å². The van der Waals surface area contributed by atoms with Crippen LogP contribution in [0.4, 0.5) is 0 Å². The molecule has 0 saturated heterocycles. The summed E-state index contributed by atoms with van der Waals surface area (Å²) in [4.78, 5) is 12.0. The Labute approximate surface area is 119 Å². The third kappa shape index (κ3) is 2.69. The molecule has 0 heterocycles. The maximum absolute atomic E-state index is 12.0. The number of benzene rings is 1. The van der Waals surface area contributed by atoms with E-state index in [1.165, 1.54) is 25.0 Å². The lowest BCUT2D eigenvalue weighted by molar-refractivity contribution is 0.0954. The first-order valence-electron chi connectivity index (χ1n) is 7.36. The molecule has 4 heteroatoms. The molecule has 20 heavy (non-hydrogen) atoms. The summed E-state index contributed by atoms with van der Waals surface area (Å²) in [6.07, 6.45) is 4.89. The van der Waals surface area contributed by atoms with Gasteiger partial charge in [0.15, 0.2) is 0 Å². The average molecular weight is 272 g/mol. The summed E-state index contributed by atoms with van der Waals surface area (Å²) >= 11 is 0. The molecule has 0 aromatic heterocycles. The fourth-order valence-corrected chi connectivity index (χ4v) is 3.22. The van der Waals surface area contributed by atoms with E-state index in [0.29, 0.717) is 18.1 Å². The second kappa shape index (κ2) is 5.65. The fourth-order valence-electron chi connectivity index (χ4n) is 3.22. The summed E-state index contributed by atoms with van der Waals surface area (Å²) in [6.45, 7) is 2.56. The van der Waals surface area contributed by atoms with E-state index in [4.69, 9.17) is 4.74 Å². The number of hydrogen-bond donors (Lipinski definition) is 1. The number of carbonyl (C=O) groups is 1. The first kappa shape index (κ1) is 13.2. The SMILES string of the molecule is CCOc1ccc(C(=O)N/N=C2\C[C@H]3CC[C@H]2C3)cc1. The van der Waals surface area contributed by atoms with Crippen molar-refractivity contribution in [3.8, 4) is 5.75 Å². The highest BCUT2D eigenvalue weighted by atomic mass is 16.5. The number of hydrogen-bond acceptors (Lipinski definition) is 3. The lowest BCUT2D eigenvalue weighted by atomic mass is 9.99. The lowest BCUT2D eigenvalue weighted by Crippen LogP contribution is -2.21. The number of hydrazone groups is 1. The zero-order chi connectivity index (χ0) is 13.9. The molecule has 2 fully saturated rings. The van der Waals surface area contributed by atoms with Crippen LogP contribution in [0.1, 0.15) is 43.0 Å². The van der Waals surface area contributed by atoms with E-state index in [1.807, 2.05) is 19.1 Å².